The third-order valence-corrected chi connectivity index (χ3v) is 6.83. The number of sulfonamides is 1. The maximum absolute atomic E-state index is 12.8. The second-order valence-corrected chi connectivity index (χ2v) is 9.03. The summed E-state index contributed by atoms with van der Waals surface area (Å²) in [6.45, 7) is 7.26. The number of nitrogens with one attached hydrogen (secondary N) is 1. The molecule has 1 fully saturated rings. The van der Waals surface area contributed by atoms with Crippen molar-refractivity contribution >= 4 is 15.9 Å². The van der Waals surface area contributed by atoms with Crippen molar-refractivity contribution in [2.75, 3.05) is 19.6 Å². The maximum Gasteiger partial charge on any atom is 0.257 e. The molecule has 2 heterocycles. The predicted octanol–water partition coefficient (Wildman–Crippen LogP) is 3.04. The molecule has 2 aromatic rings. The number of carbonyl (C=O) groups is 1. The summed E-state index contributed by atoms with van der Waals surface area (Å²) in [5.74, 6) is 0.188. The average molecular weight is 391 g/mol. The van der Waals surface area contributed by atoms with E-state index < -0.39 is 10.0 Å². The molecule has 1 saturated heterocycles. The van der Waals surface area contributed by atoms with Crippen molar-refractivity contribution in [2.24, 2.45) is 5.92 Å². The van der Waals surface area contributed by atoms with Crippen LogP contribution < -0.4 is 4.72 Å². The van der Waals surface area contributed by atoms with Gasteiger partial charge in [0.25, 0.3) is 5.91 Å². The summed E-state index contributed by atoms with van der Waals surface area (Å²) in [6, 6.07) is 5.44. The average Bonchev–Trinajstić information content (AvgIpc) is 3.13. The Labute approximate surface area is 160 Å². The van der Waals surface area contributed by atoms with Gasteiger partial charge >= 0.3 is 0 Å². The topological polar surface area (TPSA) is 79.6 Å². The summed E-state index contributed by atoms with van der Waals surface area (Å²) in [7, 11) is -3.55. The first-order chi connectivity index (χ1) is 12.8. The number of hydrogen-bond acceptors (Lipinski definition) is 4. The molecule has 146 valence electrons. The number of aryl methyl sites for hydroxylation is 3. The van der Waals surface area contributed by atoms with Gasteiger partial charge in [-0.1, -0.05) is 17.7 Å². The number of nitrogens with zero attached hydrogens (tertiary/aromatic N) is 1. The van der Waals surface area contributed by atoms with Crippen molar-refractivity contribution in [2.45, 2.75) is 38.5 Å². The number of benzene rings is 1. The van der Waals surface area contributed by atoms with Crippen molar-refractivity contribution in [3.05, 3.63) is 53.0 Å². The summed E-state index contributed by atoms with van der Waals surface area (Å²) in [6.07, 6.45) is 4.49. The van der Waals surface area contributed by atoms with Crippen LogP contribution in [0.15, 0.2) is 40.0 Å². The molecule has 0 radical (unpaired) electrons. The zero-order valence-electron chi connectivity index (χ0n) is 16.0. The third kappa shape index (κ3) is 4.42. The smallest absolute Gasteiger partial charge is 0.257 e. The van der Waals surface area contributed by atoms with Crippen LogP contribution in [-0.4, -0.2) is 38.9 Å². The summed E-state index contributed by atoms with van der Waals surface area (Å²) < 4.78 is 33.3. The number of piperidine rings is 1. The van der Waals surface area contributed by atoms with Gasteiger partial charge in [-0.15, -0.1) is 0 Å². The van der Waals surface area contributed by atoms with Gasteiger partial charge in [-0.2, -0.15) is 0 Å². The van der Waals surface area contributed by atoms with Crippen LogP contribution in [0.3, 0.4) is 0 Å². The molecule has 0 saturated carbocycles. The highest BCUT2D eigenvalue weighted by Gasteiger charge is 2.26. The Kier molecular flexibility index (Phi) is 5.72. The van der Waals surface area contributed by atoms with Crippen LogP contribution in [-0.2, 0) is 10.0 Å². The van der Waals surface area contributed by atoms with Gasteiger partial charge in [0, 0.05) is 19.6 Å². The van der Waals surface area contributed by atoms with E-state index in [9.17, 15) is 13.2 Å². The molecule has 1 aliphatic rings. The Balaban J connectivity index is 1.58. The van der Waals surface area contributed by atoms with E-state index in [1.54, 1.807) is 11.0 Å². The SMILES string of the molecule is Cc1cc(C)c(S(=O)(=O)NCC2CCN(C(=O)c3ccoc3)CC2)c(C)c1. The van der Waals surface area contributed by atoms with Gasteiger partial charge in [0.1, 0.15) is 6.26 Å². The highest BCUT2D eigenvalue weighted by atomic mass is 32.2. The van der Waals surface area contributed by atoms with Crippen molar-refractivity contribution in [3.63, 3.8) is 0 Å². The number of rotatable bonds is 5. The molecular weight excluding hydrogens is 364 g/mol. The van der Waals surface area contributed by atoms with Gasteiger partial charge in [0.15, 0.2) is 0 Å². The van der Waals surface area contributed by atoms with Gasteiger partial charge in [-0.05, 0) is 56.7 Å². The quantitative estimate of drug-likeness (QED) is 0.851. The fourth-order valence-corrected chi connectivity index (χ4v) is 5.36. The molecule has 1 aliphatic heterocycles. The lowest BCUT2D eigenvalue weighted by molar-refractivity contribution is 0.0691. The molecule has 0 aliphatic carbocycles. The molecule has 7 heteroatoms. The minimum Gasteiger partial charge on any atom is -0.472 e. The van der Waals surface area contributed by atoms with Gasteiger partial charge in [0.05, 0.1) is 16.7 Å². The number of likely N-dealkylation sites (tertiary alicyclic amines) is 1. The summed E-state index contributed by atoms with van der Waals surface area (Å²) in [5, 5.41) is 0. The van der Waals surface area contributed by atoms with E-state index in [4.69, 9.17) is 4.42 Å². The standard InChI is InChI=1S/C20H26N2O4S/c1-14-10-15(2)19(16(3)11-14)27(24,25)21-12-17-4-7-22(8-5-17)20(23)18-6-9-26-13-18/h6,9-11,13,17,21H,4-5,7-8,12H2,1-3H3. The largest absolute Gasteiger partial charge is 0.472 e. The maximum atomic E-state index is 12.8. The monoisotopic (exact) mass is 390 g/mol. The van der Waals surface area contributed by atoms with E-state index in [0.29, 0.717) is 30.1 Å². The highest BCUT2D eigenvalue weighted by Crippen LogP contribution is 2.23. The van der Waals surface area contributed by atoms with E-state index in [-0.39, 0.29) is 11.8 Å². The Morgan fingerprint density at radius 1 is 1.19 bits per heavy atom. The normalized spacial score (nSPS) is 15.9. The number of carbonyl (C=O) groups excluding carboxylic acids is 1. The van der Waals surface area contributed by atoms with E-state index in [0.717, 1.165) is 29.5 Å². The number of hydrogen-bond donors (Lipinski definition) is 1. The molecule has 1 N–H and O–H groups in total. The number of amides is 1. The Morgan fingerprint density at radius 2 is 1.81 bits per heavy atom. The Hall–Kier alpha value is -2.12. The van der Waals surface area contributed by atoms with Gasteiger partial charge in [-0.25, -0.2) is 13.1 Å². The zero-order chi connectivity index (χ0) is 19.6. The summed E-state index contributed by atoms with van der Waals surface area (Å²) in [5.41, 5.74) is 3.14. The molecule has 0 unspecified atom stereocenters. The molecule has 1 amide bonds. The summed E-state index contributed by atoms with van der Waals surface area (Å²) in [4.78, 5) is 14.5. The molecule has 0 bridgehead atoms. The molecule has 0 atom stereocenters. The fourth-order valence-electron chi connectivity index (χ4n) is 3.80. The predicted molar refractivity (Wildman–Crippen MR) is 103 cm³/mol. The lowest BCUT2D eigenvalue weighted by atomic mass is 9.97. The first-order valence-electron chi connectivity index (χ1n) is 9.17. The van der Waals surface area contributed by atoms with Gasteiger partial charge in [0.2, 0.25) is 10.0 Å². The van der Waals surface area contributed by atoms with Crippen LogP contribution in [0.4, 0.5) is 0 Å². The molecule has 1 aromatic heterocycles. The first-order valence-corrected chi connectivity index (χ1v) is 10.7. The van der Waals surface area contributed by atoms with E-state index in [1.165, 1.54) is 12.5 Å². The zero-order valence-corrected chi connectivity index (χ0v) is 16.8. The van der Waals surface area contributed by atoms with Crippen LogP contribution in [0.5, 0.6) is 0 Å². The molecule has 6 nitrogen and oxygen atoms in total. The molecular formula is C20H26N2O4S. The Morgan fingerprint density at radius 3 is 2.37 bits per heavy atom. The van der Waals surface area contributed by atoms with E-state index in [1.807, 2.05) is 32.9 Å². The summed E-state index contributed by atoms with van der Waals surface area (Å²) >= 11 is 0. The first kappa shape index (κ1) is 19.6. The lowest BCUT2D eigenvalue weighted by Crippen LogP contribution is -2.41. The van der Waals surface area contributed by atoms with Crippen LogP contribution in [0.25, 0.3) is 0 Å². The molecule has 1 aromatic carbocycles. The van der Waals surface area contributed by atoms with Crippen molar-refractivity contribution in [1.29, 1.82) is 0 Å². The van der Waals surface area contributed by atoms with E-state index in [2.05, 4.69) is 4.72 Å². The second kappa shape index (κ2) is 7.86. The van der Waals surface area contributed by atoms with Gasteiger partial charge < -0.3 is 9.32 Å². The van der Waals surface area contributed by atoms with Crippen molar-refractivity contribution in [1.82, 2.24) is 9.62 Å². The Bertz CT molecular complexity index is 888. The van der Waals surface area contributed by atoms with Crippen LogP contribution in [0.1, 0.15) is 39.9 Å². The highest BCUT2D eigenvalue weighted by molar-refractivity contribution is 7.89. The van der Waals surface area contributed by atoms with E-state index >= 15 is 0 Å². The van der Waals surface area contributed by atoms with Crippen molar-refractivity contribution in [3.8, 4) is 0 Å². The van der Waals surface area contributed by atoms with Crippen molar-refractivity contribution < 1.29 is 17.6 Å². The minimum atomic E-state index is -3.55. The second-order valence-electron chi connectivity index (χ2n) is 7.33. The van der Waals surface area contributed by atoms with Crippen LogP contribution in [0.2, 0.25) is 0 Å². The molecule has 0 spiro atoms. The lowest BCUT2D eigenvalue weighted by Gasteiger charge is -2.31. The van der Waals surface area contributed by atoms with Gasteiger partial charge in [-0.3, -0.25) is 4.79 Å². The number of furan rings is 1. The molecule has 27 heavy (non-hydrogen) atoms. The molecule has 3 rings (SSSR count). The van der Waals surface area contributed by atoms with Crippen LogP contribution in [0, 0.1) is 26.7 Å². The van der Waals surface area contributed by atoms with Crippen LogP contribution >= 0.6 is 0 Å². The minimum absolute atomic E-state index is 0.0336. The fraction of sp³-hybridized carbons (Fsp3) is 0.450. The third-order valence-electron chi connectivity index (χ3n) is 5.11.